The van der Waals surface area contributed by atoms with E-state index < -0.39 is 100 Å². The Labute approximate surface area is 278 Å². The van der Waals surface area contributed by atoms with Crippen LogP contribution in [0.4, 0.5) is 0 Å². The van der Waals surface area contributed by atoms with Gasteiger partial charge in [0, 0.05) is 39.0 Å². The summed E-state index contributed by atoms with van der Waals surface area (Å²) in [7, 11) is 1.48. The van der Waals surface area contributed by atoms with E-state index in [1.54, 1.807) is 26.0 Å². The molecule has 2 N–H and O–H groups in total. The number of fused-ring (bicyclic) bond motifs is 1. The molecule has 3 aliphatic carbocycles. The highest BCUT2D eigenvalue weighted by molar-refractivity contribution is 5.96. The van der Waals surface area contributed by atoms with Gasteiger partial charge in [0.15, 0.2) is 35.3 Å². The van der Waals surface area contributed by atoms with Crippen molar-refractivity contribution >= 4 is 29.7 Å². The van der Waals surface area contributed by atoms with Gasteiger partial charge < -0.3 is 38.6 Å². The fraction of sp³-hybridized carbons (Fsp3) is 0.629. The molecule has 1 aromatic carbocycles. The van der Waals surface area contributed by atoms with E-state index in [1.165, 1.54) is 46.1 Å². The summed E-state index contributed by atoms with van der Waals surface area (Å²) in [5.74, 6) is -5.20. The molecule has 0 amide bonds. The normalized spacial score (nSPS) is 39.4. The SMILES string of the molecule is COc1ccc([C@H](O)C(=O)O[C@@H]2/C(C)=C/[C@@]34O[C@@]3(C[C@@](C)(O)[C@@H]4OC(C)=O)C(=O)[C@H](C)[C@H](OC(C)=O)[C@@H]3[C@H]([C@@H]2OC(C)=O)C3(C)C)cc1. The Balaban J connectivity index is 1.68. The summed E-state index contributed by atoms with van der Waals surface area (Å²) < 4.78 is 34.8. The number of ketones is 1. The molecule has 5 rings (SSSR count). The lowest BCUT2D eigenvalue weighted by Crippen LogP contribution is -2.47. The van der Waals surface area contributed by atoms with Gasteiger partial charge in [-0.15, -0.1) is 0 Å². The molecule has 1 saturated heterocycles. The zero-order valence-electron chi connectivity index (χ0n) is 28.6. The van der Waals surface area contributed by atoms with E-state index in [9.17, 15) is 34.2 Å². The number of epoxide rings is 1. The van der Waals surface area contributed by atoms with Gasteiger partial charge >= 0.3 is 23.9 Å². The second kappa shape index (κ2) is 12.0. The number of Topliss-reactive ketones (excluding diaryl/α,β-unsaturated/α-hetero) is 1. The Hall–Kier alpha value is -3.81. The minimum atomic E-state index is -1.74. The van der Waals surface area contributed by atoms with Crippen LogP contribution in [-0.2, 0) is 47.7 Å². The summed E-state index contributed by atoms with van der Waals surface area (Å²) in [5, 5.41) is 22.6. The minimum absolute atomic E-state index is 0.215. The van der Waals surface area contributed by atoms with Gasteiger partial charge in [-0.2, -0.15) is 0 Å². The number of ether oxygens (including phenoxy) is 6. The van der Waals surface area contributed by atoms with Crippen molar-refractivity contribution < 1.29 is 62.6 Å². The predicted molar refractivity (Wildman–Crippen MR) is 165 cm³/mol. The third-order valence-corrected chi connectivity index (χ3v) is 10.5. The number of esters is 4. The number of hydrogen-bond donors (Lipinski definition) is 2. The molecular weight excluding hydrogens is 628 g/mol. The summed E-state index contributed by atoms with van der Waals surface area (Å²) in [5.41, 5.74) is -5.36. The van der Waals surface area contributed by atoms with Gasteiger partial charge in [0.25, 0.3) is 0 Å². The molecule has 0 bridgehead atoms. The molecule has 1 aromatic rings. The molecule has 4 aliphatic rings. The van der Waals surface area contributed by atoms with Gasteiger partial charge in [-0.1, -0.05) is 32.9 Å². The van der Waals surface area contributed by atoms with Crippen molar-refractivity contribution in [3.05, 3.63) is 41.5 Å². The average molecular weight is 673 g/mol. The Bertz CT molecular complexity index is 1540. The van der Waals surface area contributed by atoms with Crippen LogP contribution in [-0.4, -0.2) is 88.2 Å². The molecular formula is C35H44O13. The molecule has 0 aromatic heterocycles. The van der Waals surface area contributed by atoms with E-state index >= 15 is 0 Å². The maximum absolute atomic E-state index is 14.5. The van der Waals surface area contributed by atoms with E-state index in [1.807, 2.05) is 13.8 Å². The van der Waals surface area contributed by atoms with Crippen LogP contribution in [0.25, 0.3) is 0 Å². The summed E-state index contributed by atoms with van der Waals surface area (Å²) in [6.45, 7) is 11.9. The number of methoxy groups -OCH3 is 1. The lowest BCUT2D eigenvalue weighted by atomic mass is 9.80. The van der Waals surface area contributed by atoms with Gasteiger partial charge in [0.2, 0.25) is 0 Å². The van der Waals surface area contributed by atoms with Crippen molar-refractivity contribution in [3.8, 4) is 5.75 Å². The van der Waals surface area contributed by atoms with E-state index in [-0.39, 0.29) is 17.6 Å². The van der Waals surface area contributed by atoms with Crippen molar-refractivity contribution in [1.29, 1.82) is 0 Å². The third-order valence-electron chi connectivity index (χ3n) is 10.5. The molecule has 0 radical (unpaired) electrons. The van der Waals surface area contributed by atoms with Crippen molar-refractivity contribution in [3.63, 3.8) is 0 Å². The van der Waals surface area contributed by atoms with Crippen LogP contribution in [0.1, 0.15) is 73.5 Å². The smallest absolute Gasteiger partial charge is 0.340 e. The second-order valence-electron chi connectivity index (χ2n) is 14.3. The number of aliphatic hydroxyl groups is 2. The standard InChI is InChI=1S/C35H44O13/c1-16-14-34-31(46-20(5)38)33(8,42)15-35(34,48-34)29(40)17(2)27(44-18(3)36)23-24(32(23,6)7)28(45-19(4)37)26(16)47-30(41)25(39)21-10-12-22(43-9)13-11-21/h10-14,17,23-28,31,39,42H,15H2,1-9H3/b16-14+/t17-,23+,24-,25+,26-,27+,28+,31+,33-,34+,35+/m1/s1. The minimum Gasteiger partial charge on any atom is -0.497 e. The molecule has 13 nitrogen and oxygen atoms in total. The Morgan fingerprint density at radius 2 is 1.44 bits per heavy atom. The average Bonchev–Trinajstić information content (AvgIpc) is 3.79. The summed E-state index contributed by atoms with van der Waals surface area (Å²) in [6.07, 6.45) is -5.43. The van der Waals surface area contributed by atoms with Crippen LogP contribution < -0.4 is 4.74 Å². The number of hydrogen-bond acceptors (Lipinski definition) is 13. The molecule has 0 spiro atoms. The second-order valence-corrected chi connectivity index (χ2v) is 14.3. The summed E-state index contributed by atoms with van der Waals surface area (Å²) >= 11 is 0. The number of carbonyl (C=O) groups is 5. The number of carbonyl (C=O) groups excluding carboxylic acids is 5. The Morgan fingerprint density at radius 3 is 1.98 bits per heavy atom. The lowest BCUT2D eigenvalue weighted by molar-refractivity contribution is -0.173. The van der Waals surface area contributed by atoms with Crippen molar-refractivity contribution in [2.75, 3.05) is 7.11 Å². The first-order valence-electron chi connectivity index (χ1n) is 15.9. The monoisotopic (exact) mass is 672 g/mol. The van der Waals surface area contributed by atoms with Crippen LogP contribution in [0.15, 0.2) is 35.9 Å². The summed E-state index contributed by atoms with van der Waals surface area (Å²) in [4.78, 5) is 65.6. The lowest BCUT2D eigenvalue weighted by Gasteiger charge is -2.32. The first kappa shape index (κ1) is 35.5. The Morgan fingerprint density at radius 1 is 0.896 bits per heavy atom. The van der Waals surface area contributed by atoms with Crippen LogP contribution >= 0.6 is 0 Å². The van der Waals surface area contributed by atoms with Crippen LogP contribution in [0.5, 0.6) is 5.75 Å². The van der Waals surface area contributed by atoms with Crippen molar-refractivity contribution in [1.82, 2.24) is 0 Å². The first-order valence-corrected chi connectivity index (χ1v) is 15.9. The molecule has 48 heavy (non-hydrogen) atoms. The highest BCUT2D eigenvalue weighted by Gasteiger charge is 2.87. The predicted octanol–water partition coefficient (Wildman–Crippen LogP) is 2.54. The number of aliphatic hydroxyl groups excluding tert-OH is 1. The molecule has 0 unspecified atom stereocenters. The number of benzene rings is 1. The third kappa shape index (κ3) is 5.69. The van der Waals surface area contributed by atoms with Gasteiger partial charge in [0.1, 0.15) is 23.6 Å². The number of rotatable bonds is 7. The maximum atomic E-state index is 14.5. The molecule has 262 valence electrons. The van der Waals surface area contributed by atoms with Gasteiger partial charge in [-0.05, 0) is 48.6 Å². The van der Waals surface area contributed by atoms with Crippen molar-refractivity contribution in [2.24, 2.45) is 23.2 Å². The molecule has 13 heteroatoms. The fourth-order valence-electron chi connectivity index (χ4n) is 8.33. The van der Waals surface area contributed by atoms with Gasteiger partial charge in [0.05, 0.1) is 13.0 Å². The zero-order chi connectivity index (χ0) is 35.7. The Kier molecular flexibility index (Phi) is 8.84. The molecule has 1 aliphatic heterocycles. The molecule has 11 atom stereocenters. The van der Waals surface area contributed by atoms with Crippen LogP contribution in [0, 0.1) is 23.2 Å². The molecule has 3 fully saturated rings. The van der Waals surface area contributed by atoms with E-state index in [4.69, 9.17) is 28.4 Å². The quantitative estimate of drug-likeness (QED) is 0.187. The molecule has 2 saturated carbocycles. The zero-order valence-corrected chi connectivity index (χ0v) is 28.6. The van der Waals surface area contributed by atoms with Crippen LogP contribution in [0.3, 0.4) is 0 Å². The highest BCUT2D eigenvalue weighted by atomic mass is 16.7. The topological polar surface area (TPSA) is 184 Å². The van der Waals surface area contributed by atoms with E-state index in [2.05, 4.69) is 0 Å². The van der Waals surface area contributed by atoms with Gasteiger partial charge in [-0.3, -0.25) is 19.2 Å². The van der Waals surface area contributed by atoms with E-state index in [0.717, 1.165) is 6.92 Å². The fourth-order valence-corrected chi connectivity index (χ4v) is 8.33. The van der Waals surface area contributed by atoms with Gasteiger partial charge in [-0.25, -0.2) is 4.79 Å². The molecule has 1 heterocycles. The van der Waals surface area contributed by atoms with Crippen molar-refractivity contribution in [2.45, 2.75) is 109 Å². The first-order chi connectivity index (χ1) is 22.2. The van der Waals surface area contributed by atoms with E-state index in [0.29, 0.717) is 5.75 Å². The largest absolute Gasteiger partial charge is 0.497 e. The van der Waals surface area contributed by atoms with Crippen LogP contribution in [0.2, 0.25) is 0 Å². The maximum Gasteiger partial charge on any atom is 0.340 e. The summed E-state index contributed by atoms with van der Waals surface area (Å²) in [6, 6.07) is 6.14. The highest BCUT2D eigenvalue weighted by Crippen LogP contribution is 2.69.